The van der Waals surface area contributed by atoms with Gasteiger partial charge in [-0.2, -0.15) is 0 Å². The Labute approximate surface area is 123 Å². The number of rotatable bonds is 4. The summed E-state index contributed by atoms with van der Waals surface area (Å²) in [6.07, 6.45) is 3.37. The molecule has 1 aliphatic heterocycles. The van der Waals surface area contributed by atoms with Gasteiger partial charge >= 0.3 is 6.03 Å². The van der Waals surface area contributed by atoms with Gasteiger partial charge < -0.3 is 20.3 Å². The van der Waals surface area contributed by atoms with Gasteiger partial charge in [-0.15, -0.1) is 0 Å². The van der Waals surface area contributed by atoms with Gasteiger partial charge in [0.2, 0.25) is 5.91 Å². The van der Waals surface area contributed by atoms with E-state index < -0.39 is 6.04 Å². The van der Waals surface area contributed by atoms with Crippen molar-refractivity contribution in [1.29, 1.82) is 0 Å². The lowest BCUT2D eigenvalue weighted by Gasteiger charge is -2.28. The van der Waals surface area contributed by atoms with Crippen molar-refractivity contribution < 1.29 is 14.3 Å². The summed E-state index contributed by atoms with van der Waals surface area (Å²) in [5.74, 6) is -0.222. The van der Waals surface area contributed by atoms with E-state index >= 15 is 0 Å². The summed E-state index contributed by atoms with van der Waals surface area (Å²) in [5.41, 5.74) is 0.914. The van der Waals surface area contributed by atoms with Crippen LogP contribution >= 0.6 is 0 Å². The Bertz CT molecular complexity index is 474. The molecule has 114 valence electrons. The van der Waals surface area contributed by atoms with Crippen LogP contribution in [0.1, 0.15) is 12.5 Å². The number of nitrogens with zero attached hydrogens (tertiary/aromatic N) is 2. The average molecular weight is 292 g/mol. The standard InChI is InChI=1S/C14H20N4O3/c1-11(17-14(20)18-5-7-21-8-6-18)13(19)16-10-12-3-2-4-15-9-12/h2-4,9,11H,5-8,10H2,1H3,(H,16,19)(H,17,20)/t11-/m0/s1. The number of pyridine rings is 1. The van der Waals surface area contributed by atoms with Gasteiger partial charge in [-0.3, -0.25) is 9.78 Å². The van der Waals surface area contributed by atoms with Crippen molar-refractivity contribution in [3.05, 3.63) is 30.1 Å². The minimum Gasteiger partial charge on any atom is -0.378 e. The first kappa shape index (κ1) is 15.2. The van der Waals surface area contributed by atoms with Crippen molar-refractivity contribution in [1.82, 2.24) is 20.5 Å². The van der Waals surface area contributed by atoms with Crippen LogP contribution in [0.25, 0.3) is 0 Å². The Balaban J connectivity index is 1.75. The second-order valence-electron chi connectivity index (χ2n) is 4.85. The first-order chi connectivity index (χ1) is 10.2. The molecule has 0 saturated carbocycles. The average Bonchev–Trinajstić information content (AvgIpc) is 2.54. The fourth-order valence-electron chi connectivity index (χ4n) is 1.95. The van der Waals surface area contributed by atoms with E-state index in [0.29, 0.717) is 32.8 Å². The van der Waals surface area contributed by atoms with Crippen molar-refractivity contribution in [3.63, 3.8) is 0 Å². The predicted molar refractivity (Wildman–Crippen MR) is 76.5 cm³/mol. The lowest BCUT2D eigenvalue weighted by atomic mass is 10.2. The number of carbonyl (C=O) groups is 2. The van der Waals surface area contributed by atoms with Gasteiger partial charge in [0, 0.05) is 32.0 Å². The molecule has 2 rings (SSSR count). The Morgan fingerprint density at radius 3 is 2.86 bits per heavy atom. The maximum atomic E-state index is 12.0. The molecule has 7 heteroatoms. The number of urea groups is 1. The highest BCUT2D eigenvalue weighted by Gasteiger charge is 2.21. The zero-order valence-corrected chi connectivity index (χ0v) is 12.0. The van der Waals surface area contributed by atoms with E-state index in [0.717, 1.165) is 5.56 Å². The molecule has 0 unspecified atom stereocenters. The molecule has 21 heavy (non-hydrogen) atoms. The molecule has 7 nitrogen and oxygen atoms in total. The summed E-state index contributed by atoms with van der Waals surface area (Å²) >= 11 is 0. The molecule has 2 heterocycles. The zero-order chi connectivity index (χ0) is 15.1. The molecular formula is C14H20N4O3. The highest BCUT2D eigenvalue weighted by molar-refractivity contribution is 5.86. The van der Waals surface area contributed by atoms with E-state index in [4.69, 9.17) is 4.74 Å². The van der Waals surface area contributed by atoms with Crippen LogP contribution in [0.4, 0.5) is 4.79 Å². The van der Waals surface area contributed by atoms with Gasteiger partial charge in [0.15, 0.2) is 0 Å². The minimum atomic E-state index is -0.586. The van der Waals surface area contributed by atoms with Crippen molar-refractivity contribution in [2.75, 3.05) is 26.3 Å². The van der Waals surface area contributed by atoms with Crippen LogP contribution in [-0.2, 0) is 16.1 Å². The normalized spacial score (nSPS) is 16.1. The van der Waals surface area contributed by atoms with E-state index in [1.54, 1.807) is 24.2 Å². The van der Waals surface area contributed by atoms with Crippen molar-refractivity contribution in [2.45, 2.75) is 19.5 Å². The number of morpholine rings is 1. The Kier molecular flexibility index (Phi) is 5.51. The number of hydrogen-bond donors (Lipinski definition) is 2. The van der Waals surface area contributed by atoms with Gasteiger partial charge in [0.1, 0.15) is 6.04 Å². The monoisotopic (exact) mass is 292 g/mol. The fourth-order valence-corrected chi connectivity index (χ4v) is 1.95. The molecular weight excluding hydrogens is 272 g/mol. The van der Waals surface area contributed by atoms with Gasteiger partial charge in [-0.1, -0.05) is 6.07 Å². The second-order valence-corrected chi connectivity index (χ2v) is 4.85. The molecule has 2 N–H and O–H groups in total. The molecule has 1 fully saturated rings. The lowest BCUT2D eigenvalue weighted by Crippen LogP contribution is -2.52. The molecule has 0 spiro atoms. The number of carbonyl (C=O) groups excluding carboxylic acids is 2. The Morgan fingerprint density at radius 1 is 1.43 bits per heavy atom. The molecule has 1 aromatic heterocycles. The summed E-state index contributed by atoms with van der Waals surface area (Å²) in [5, 5.41) is 5.46. The summed E-state index contributed by atoms with van der Waals surface area (Å²) in [7, 11) is 0. The smallest absolute Gasteiger partial charge is 0.318 e. The second kappa shape index (κ2) is 7.58. The highest BCUT2D eigenvalue weighted by Crippen LogP contribution is 1.99. The Morgan fingerprint density at radius 2 is 2.19 bits per heavy atom. The first-order valence-corrected chi connectivity index (χ1v) is 6.96. The largest absolute Gasteiger partial charge is 0.378 e. The Hall–Kier alpha value is -2.15. The summed E-state index contributed by atoms with van der Waals surface area (Å²) in [6.45, 7) is 4.23. The molecule has 1 atom stereocenters. The summed E-state index contributed by atoms with van der Waals surface area (Å²) in [4.78, 5) is 29.5. The summed E-state index contributed by atoms with van der Waals surface area (Å²) < 4.78 is 5.18. The predicted octanol–water partition coefficient (Wildman–Crippen LogP) is 0.128. The molecule has 3 amide bonds. The molecule has 0 bridgehead atoms. The lowest BCUT2D eigenvalue weighted by molar-refractivity contribution is -0.122. The van der Waals surface area contributed by atoms with E-state index in [-0.39, 0.29) is 11.9 Å². The summed E-state index contributed by atoms with van der Waals surface area (Å²) in [6, 6.07) is 2.87. The molecule has 1 aliphatic rings. The fraction of sp³-hybridized carbons (Fsp3) is 0.500. The van der Waals surface area contributed by atoms with E-state index in [9.17, 15) is 9.59 Å². The van der Waals surface area contributed by atoms with Gasteiger partial charge in [0.05, 0.1) is 13.2 Å². The quantitative estimate of drug-likeness (QED) is 0.826. The van der Waals surface area contributed by atoms with E-state index in [1.165, 1.54) is 0 Å². The SMILES string of the molecule is C[C@H](NC(=O)N1CCOCC1)C(=O)NCc1cccnc1. The van der Waals surface area contributed by atoms with Crippen LogP contribution in [0.3, 0.4) is 0 Å². The van der Waals surface area contributed by atoms with Crippen molar-refractivity contribution >= 4 is 11.9 Å². The molecule has 0 radical (unpaired) electrons. The third-order valence-electron chi connectivity index (χ3n) is 3.22. The van der Waals surface area contributed by atoms with Crippen LogP contribution in [0, 0.1) is 0 Å². The minimum absolute atomic E-state index is 0.222. The molecule has 1 aromatic rings. The van der Waals surface area contributed by atoms with Gasteiger partial charge in [-0.05, 0) is 18.6 Å². The van der Waals surface area contributed by atoms with Crippen molar-refractivity contribution in [3.8, 4) is 0 Å². The van der Waals surface area contributed by atoms with Gasteiger partial charge in [-0.25, -0.2) is 4.79 Å². The molecule has 1 saturated heterocycles. The maximum Gasteiger partial charge on any atom is 0.318 e. The van der Waals surface area contributed by atoms with Crippen LogP contribution in [0.2, 0.25) is 0 Å². The highest BCUT2D eigenvalue weighted by atomic mass is 16.5. The molecule has 0 aromatic carbocycles. The van der Waals surface area contributed by atoms with Crippen LogP contribution in [-0.4, -0.2) is 54.2 Å². The van der Waals surface area contributed by atoms with E-state index in [2.05, 4.69) is 15.6 Å². The third kappa shape index (κ3) is 4.71. The first-order valence-electron chi connectivity index (χ1n) is 6.96. The van der Waals surface area contributed by atoms with Crippen LogP contribution in [0.15, 0.2) is 24.5 Å². The molecule has 0 aliphatic carbocycles. The maximum absolute atomic E-state index is 12.0. The van der Waals surface area contributed by atoms with Crippen LogP contribution < -0.4 is 10.6 Å². The van der Waals surface area contributed by atoms with Crippen molar-refractivity contribution in [2.24, 2.45) is 0 Å². The number of hydrogen-bond acceptors (Lipinski definition) is 4. The number of aromatic nitrogens is 1. The number of amides is 3. The van der Waals surface area contributed by atoms with Gasteiger partial charge in [0.25, 0.3) is 0 Å². The number of ether oxygens (including phenoxy) is 1. The third-order valence-corrected chi connectivity index (χ3v) is 3.22. The zero-order valence-electron chi connectivity index (χ0n) is 12.0. The topological polar surface area (TPSA) is 83.6 Å². The number of nitrogens with one attached hydrogen (secondary N) is 2. The van der Waals surface area contributed by atoms with E-state index in [1.807, 2.05) is 12.1 Å². The van der Waals surface area contributed by atoms with Crippen LogP contribution in [0.5, 0.6) is 0 Å².